The van der Waals surface area contributed by atoms with E-state index in [0.717, 1.165) is 12.8 Å². The fourth-order valence-corrected chi connectivity index (χ4v) is 2.04. The monoisotopic (exact) mass is 242 g/mol. The Bertz CT molecular complexity index is 260. The van der Waals surface area contributed by atoms with Crippen LogP contribution < -0.4 is 5.32 Å². The van der Waals surface area contributed by atoms with E-state index in [9.17, 15) is 9.59 Å². The van der Waals surface area contributed by atoms with Gasteiger partial charge in [-0.1, -0.05) is 6.92 Å². The SMILES string of the molecule is CCC(=O)N1CCC(C(=O)NCCOC)CC1. The van der Waals surface area contributed by atoms with Crippen LogP contribution in [0.1, 0.15) is 26.2 Å². The summed E-state index contributed by atoms with van der Waals surface area (Å²) < 4.78 is 4.88. The predicted molar refractivity (Wildman–Crippen MR) is 64.5 cm³/mol. The molecule has 1 aliphatic heterocycles. The smallest absolute Gasteiger partial charge is 0.223 e. The Balaban J connectivity index is 2.26. The number of likely N-dealkylation sites (tertiary alicyclic amines) is 1. The van der Waals surface area contributed by atoms with Crippen LogP contribution >= 0.6 is 0 Å². The fourth-order valence-electron chi connectivity index (χ4n) is 2.04. The maximum absolute atomic E-state index is 11.7. The molecule has 5 heteroatoms. The van der Waals surface area contributed by atoms with Gasteiger partial charge < -0.3 is 15.0 Å². The third-order valence-electron chi connectivity index (χ3n) is 3.13. The van der Waals surface area contributed by atoms with E-state index < -0.39 is 0 Å². The molecule has 1 N–H and O–H groups in total. The third kappa shape index (κ3) is 4.34. The van der Waals surface area contributed by atoms with Crippen LogP contribution in [-0.2, 0) is 14.3 Å². The summed E-state index contributed by atoms with van der Waals surface area (Å²) in [5.74, 6) is 0.321. The Labute approximate surface area is 102 Å². The first-order valence-electron chi connectivity index (χ1n) is 6.23. The molecule has 0 aromatic heterocycles. The van der Waals surface area contributed by atoms with Gasteiger partial charge >= 0.3 is 0 Å². The maximum Gasteiger partial charge on any atom is 0.223 e. The molecule has 0 atom stereocenters. The summed E-state index contributed by atoms with van der Waals surface area (Å²) in [6.07, 6.45) is 2.08. The Morgan fingerprint density at radius 1 is 1.35 bits per heavy atom. The van der Waals surface area contributed by atoms with Gasteiger partial charge in [0.2, 0.25) is 11.8 Å². The van der Waals surface area contributed by atoms with Crippen molar-refractivity contribution in [1.29, 1.82) is 0 Å². The number of ether oxygens (including phenoxy) is 1. The third-order valence-corrected chi connectivity index (χ3v) is 3.13. The van der Waals surface area contributed by atoms with Gasteiger partial charge in [-0.3, -0.25) is 9.59 Å². The van der Waals surface area contributed by atoms with Crippen molar-refractivity contribution in [3.63, 3.8) is 0 Å². The lowest BCUT2D eigenvalue weighted by molar-refractivity contribution is -0.135. The zero-order chi connectivity index (χ0) is 12.7. The van der Waals surface area contributed by atoms with E-state index in [-0.39, 0.29) is 17.7 Å². The van der Waals surface area contributed by atoms with Crippen molar-refractivity contribution in [2.45, 2.75) is 26.2 Å². The van der Waals surface area contributed by atoms with Crippen LogP contribution in [0.25, 0.3) is 0 Å². The molecule has 98 valence electrons. The van der Waals surface area contributed by atoms with Crippen molar-refractivity contribution in [1.82, 2.24) is 10.2 Å². The van der Waals surface area contributed by atoms with E-state index in [1.165, 1.54) is 0 Å². The van der Waals surface area contributed by atoms with Gasteiger partial charge in [-0.05, 0) is 12.8 Å². The summed E-state index contributed by atoms with van der Waals surface area (Å²) in [6.45, 7) is 4.37. The highest BCUT2D eigenvalue weighted by Crippen LogP contribution is 2.17. The van der Waals surface area contributed by atoms with Gasteiger partial charge in [-0.25, -0.2) is 0 Å². The number of hydrogen-bond acceptors (Lipinski definition) is 3. The zero-order valence-corrected chi connectivity index (χ0v) is 10.7. The van der Waals surface area contributed by atoms with E-state index in [4.69, 9.17) is 4.74 Å². The minimum absolute atomic E-state index is 0.0489. The van der Waals surface area contributed by atoms with Gasteiger partial charge in [-0.2, -0.15) is 0 Å². The molecule has 0 unspecified atom stereocenters. The van der Waals surface area contributed by atoms with Crippen molar-refractivity contribution >= 4 is 11.8 Å². The molecule has 1 rings (SSSR count). The molecule has 5 nitrogen and oxygen atoms in total. The number of amides is 2. The highest BCUT2D eigenvalue weighted by molar-refractivity contribution is 5.80. The van der Waals surface area contributed by atoms with Gasteiger partial charge in [0.15, 0.2) is 0 Å². The first kappa shape index (κ1) is 14.0. The highest BCUT2D eigenvalue weighted by atomic mass is 16.5. The van der Waals surface area contributed by atoms with Crippen LogP contribution in [0.5, 0.6) is 0 Å². The van der Waals surface area contributed by atoms with Crippen molar-refractivity contribution in [2.24, 2.45) is 5.92 Å². The van der Waals surface area contributed by atoms with Crippen LogP contribution in [-0.4, -0.2) is 50.1 Å². The number of methoxy groups -OCH3 is 1. The minimum Gasteiger partial charge on any atom is -0.383 e. The molecule has 2 amide bonds. The molecule has 1 aliphatic rings. The summed E-state index contributed by atoms with van der Waals surface area (Å²) in [4.78, 5) is 25.1. The first-order chi connectivity index (χ1) is 8.19. The average Bonchev–Trinajstić information content (AvgIpc) is 2.38. The topological polar surface area (TPSA) is 58.6 Å². The van der Waals surface area contributed by atoms with Gasteiger partial charge in [0.05, 0.1) is 6.61 Å². The van der Waals surface area contributed by atoms with E-state index in [1.54, 1.807) is 7.11 Å². The standard InChI is InChI=1S/C12H22N2O3/c1-3-11(15)14-7-4-10(5-8-14)12(16)13-6-9-17-2/h10H,3-9H2,1-2H3,(H,13,16). The lowest BCUT2D eigenvalue weighted by Crippen LogP contribution is -2.43. The van der Waals surface area contributed by atoms with Crippen LogP contribution in [0.15, 0.2) is 0 Å². The normalized spacial score (nSPS) is 16.9. The molecule has 17 heavy (non-hydrogen) atoms. The van der Waals surface area contributed by atoms with Crippen LogP contribution in [0, 0.1) is 5.92 Å². The van der Waals surface area contributed by atoms with Gasteiger partial charge in [0, 0.05) is 39.1 Å². The highest BCUT2D eigenvalue weighted by Gasteiger charge is 2.26. The molecule has 1 fully saturated rings. The number of rotatable bonds is 5. The van der Waals surface area contributed by atoms with Crippen molar-refractivity contribution in [2.75, 3.05) is 33.4 Å². The number of carbonyl (C=O) groups excluding carboxylic acids is 2. The Morgan fingerprint density at radius 2 is 2.00 bits per heavy atom. The summed E-state index contributed by atoms with van der Waals surface area (Å²) in [6, 6.07) is 0. The molecule has 0 aliphatic carbocycles. The fraction of sp³-hybridized carbons (Fsp3) is 0.833. The lowest BCUT2D eigenvalue weighted by atomic mass is 9.96. The van der Waals surface area contributed by atoms with E-state index in [0.29, 0.717) is 32.7 Å². The second-order valence-electron chi connectivity index (χ2n) is 4.29. The molecule has 1 heterocycles. The quantitative estimate of drug-likeness (QED) is 0.710. The molecule has 1 saturated heterocycles. The first-order valence-corrected chi connectivity index (χ1v) is 6.23. The zero-order valence-electron chi connectivity index (χ0n) is 10.7. The number of piperidine rings is 1. The van der Waals surface area contributed by atoms with E-state index in [1.807, 2.05) is 11.8 Å². The Hall–Kier alpha value is -1.10. The molecule has 0 aromatic rings. The van der Waals surface area contributed by atoms with Crippen LogP contribution in [0.2, 0.25) is 0 Å². The average molecular weight is 242 g/mol. The number of hydrogen-bond donors (Lipinski definition) is 1. The molecule has 0 spiro atoms. The van der Waals surface area contributed by atoms with Crippen molar-refractivity contribution in [3.05, 3.63) is 0 Å². The summed E-state index contributed by atoms with van der Waals surface area (Å²) in [5.41, 5.74) is 0. The molecule has 0 aromatic carbocycles. The second kappa shape index (κ2) is 7.27. The van der Waals surface area contributed by atoms with Crippen molar-refractivity contribution < 1.29 is 14.3 Å². The number of nitrogens with one attached hydrogen (secondary N) is 1. The number of nitrogens with zero attached hydrogens (tertiary/aromatic N) is 1. The summed E-state index contributed by atoms with van der Waals surface area (Å²) >= 11 is 0. The van der Waals surface area contributed by atoms with E-state index >= 15 is 0 Å². The van der Waals surface area contributed by atoms with E-state index in [2.05, 4.69) is 5.32 Å². The van der Waals surface area contributed by atoms with Crippen LogP contribution in [0.4, 0.5) is 0 Å². The van der Waals surface area contributed by atoms with Crippen molar-refractivity contribution in [3.8, 4) is 0 Å². The summed E-state index contributed by atoms with van der Waals surface area (Å²) in [5, 5.41) is 2.84. The molecular weight excluding hydrogens is 220 g/mol. The lowest BCUT2D eigenvalue weighted by Gasteiger charge is -2.31. The second-order valence-corrected chi connectivity index (χ2v) is 4.29. The van der Waals surface area contributed by atoms with Gasteiger partial charge in [0.25, 0.3) is 0 Å². The van der Waals surface area contributed by atoms with Gasteiger partial charge in [0.1, 0.15) is 0 Å². The summed E-state index contributed by atoms with van der Waals surface area (Å²) in [7, 11) is 1.61. The Kier molecular flexibility index (Phi) is 5.97. The minimum atomic E-state index is 0.0489. The molecule has 0 saturated carbocycles. The van der Waals surface area contributed by atoms with Gasteiger partial charge in [-0.15, -0.1) is 0 Å². The predicted octanol–water partition coefficient (Wildman–Crippen LogP) is 0.398. The molecular formula is C12H22N2O3. The largest absolute Gasteiger partial charge is 0.383 e. The maximum atomic E-state index is 11.7. The number of carbonyl (C=O) groups is 2. The Morgan fingerprint density at radius 3 is 2.53 bits per heavy atom. The molecule has 0 radical (unpaired) electrons. The van der Waals surface area contributed by atoms with Crippen LogP contribution in [0.3, 0.4) is 0 Å². The molecule has 0 bridgehead atoms.